The van der Waals surface area contributed by atoms with E-state index in [1.54, 1.807) is 0 Å². The second kappa shape index (κ2) is 4.52. The van der Waals surface area contributed by atoms with Gasteiger partial charge < -0.3 is 0 Å². The van der Waals surface area contributed by atoms with Crippen LogP contribution in [-0.4, -0.2) is 29.9 Å². The maximum absolute atomic E-state index is 14.2. The zero-order valence-electron chi connectivity index (χ0n) is 11.7. The summed E-state index contributed by atoms with van der Waals surface area (Å²) in [6.07, 6.45) is 1.27. The SMILES string of the molecule is CC(C)N1CCCC2(C1)C(=O)N(F)c1cccc(F)c12. The van der Waals surface area contributed by atoms with E-state index in [4.69, 9.17) is 0 Å². The first-order chi connectivity index (χ1) is 9.47. The quantitative estimate of drug-likeness (QED) is 0.739. The van der Waals surface area contributed by atoms with Crippen molar-refractivity contribution in [2.75, 3.05) is 18.2 Å². The van der Waals surface area contributed by atoms with Gasteiger partial charge in [0, 0.05) is 18.2 Å². The smallest absolute Gasteiger partial charge is 0.267 e. The first kappa shape index (κ1) is 13.5. The summed E-state index contributed by atoms with van der Waals surface area (Å²) in [5.41, 5.74) is -0.753. The van der Waals surface area contributed by atoms with Gasteiger partial charge in [0.25, 0.3) is 5.91 Å². The monoisotopic (exact) mass is 280 g/mol. The van der Waals surface area contributed by atoms with Crippen LogP contribution in [0.1, 0.15) is 32.3 Å². The van der Waals surface area contributed by atoms with Crippen molar-refractivity contribution in [1.29, 1.82) is 0 Å². The Morgan fingerprint density at radius 1 is 1.35 bits per heavy atom. The largest absolute Gasteiger partial charge is 0.300 e. The van der Waals surface area contributed by atoms with Crippen molar-refractivity contribution in [3.8, 4) is 0 Å². The molecule has 1 aromatic rings. The molecule has 0 aliphatic carbocycles. The first-order valence-corrected chi connectivity index (χ1v) is 7.01. The molecule has 0 N–H and O–H groups in total. The van der Waals surface area contributed by atoms with Gasteiger partial charge in [0.05, 0.1) is 11.1 Å². The summed E-state index contributed by atoms with van der Waals surface area (Å²) in [5.74, 6) is -1.11. The normalized spacial score (nSPS) is 26.6. The molecule has 1 spiro atoms. The average molecular weight is 280 g/mol. The highest BCUT2D eigenvalue weighted by Crippen LogP contribution is 2.48. The van der Waals surface area contributed by atoms with Gasteiger partial charge in [-0.2, -0.15) is 0 Å². The van der Waals surface area contributed by atoms with Crippen LogP contribution in [0.4, 0.5) is 14.6 Å². The van der Waals surface area contributed by atoms with Crippen LogP contribution >= 0.6 is 0 Å². The van der Waals surface area contributed by atoms with E-state index in [9.17, 15) is 13.7 Å². The van der Waals surface area contributed by atoms with Crippen LogP contribution in [0.5, 0.6) is 0 Å². The summed E-state index contributed by atoms with van der Waals surface area (Å²) in [5, 5.41) is 0.127. The molecule has 2 aliphatic heterocycles. The molecule has 0 radical (unpaired) electrons. The van der Waals surface area contributed by atoms with E-state index in [0.29, 0.717) is 13.0 Å². The third-order valence-electron chi connectivity index (χ3n) is 4.52. The fraction of sp³-hybridized carbons (Fsp3) is 0.533. The molecule has 3 rings (SSSR count). The number of hydrogen-bond acceptors (Lipinski definition) is 2. The van der Waals surface area contributed by atoms with Crippen LogP contribution in [0.2, 0.25) is 0 Å². The number of carbonyl (C=O) groups excluding carboxylic acids is 1. The van der Waals surface area contributed by atoms with Crippen LogP contribution in [0.3, 0.4) is 0 Å². The van der Waals surface area contributed by atoms with Crippen LogP contribution < -0.4 is 5.12 Å². The molecule has 108 valence electrons. The number of hydrogen-bond donors (Lipinski definition) is 0. The van der Waals surface area contributed by atoms with Crippen molar-refractivity contribution >= 4 is 11.6 Å². The number of amides is 1. The van der Waals surface area contributed by atoms with E-state index in [1.165, 1.54) is 18.2 Å². The molecular weight excluding hydrogens is 262 g/mol. The fourth-order valence-corrected chi connectivity index (χ4v) is 3.46. The zero-order chi connectivity index (χ0) is 14.5. The van der Waals surface area contributed by atoms with Gasteiger partial charge in [-0.1, -0.05) is 10.5 Å². The Hall–Kier alpha value is -1.49. The van der Waals surface area contributed by atoms with Crippen LogP contribution in [0.25, 0.3) is 0 Å². The molecule has 20 heavy (non-hydrogen) atoms. The molecule has 1 saturated heterocycles. The molecule has 0 saturated carbocycles. The molecule has 1 unspecified atom stereocenters. The lowest BCUT2D eigenvalue weighted by molar-refractivity contribution is -0.128. The molecule has 5 heteroatoms. The minimum Gasteiger partial charge on any atom is -0.300 e. The minimum atomic E-state index is -1.06. The van der Waals surface area contributed by atoms with Crippen molar-refractivity contribution in [2.24, 2.45) is 0 Å². The predicted molar refractivity (Wildman–Crippen MR) is 72.6 cm³/mol. The van der Waals surface area contributed by atoms with E-state index >= 15 is 0 Å². The number of fused-ring (bicyclic) bond motifs is 2. The second-order valence-electron chi connectivity index (χ2n) is 5.97. The van der Waals surface area contributed by atoms with Gasteiger partial charge in [0.2, 0.25) is 0 Å². The van der Waals surface area contributed by atoms with Crippen molar-refractivity contribution in [2.45, 2.75) is 38.1 Å². The summed E-state index contributed by atoms with van der Waals surface area (Å²) in [4.78, 5) is 14.5. The summed E-state index contributed by atoms with van der Waals surface area (Å²) >= 11 is 0. The molecule has 2 heterocycles. The van der Waals surface area contributed by atoms with Crippen LogP contribution in [0, 0.1) is 5.82 Å². The van der Waals surface area contributed by atoms with Crippen LogP contribution in [0.15, 0.2) is 18.2 Å². The Morgan fingerprint density at radius 3 is 2.80 bits per heavy atom. The summed E-state index contributed by atoms with van der Waals surface area (Å²) in [6, 6.07) is 4.47. The summed E-state index contributed by atoms with van der Waals surface area (Å²) in [6.45, 7) is 5.32. The molecule has 0 bridgehead atoms. The van der Waals surface area contributed by atoms with E-state index in [2.05, 4.69) is 4.90 Å². The lowest BCUT2D eigenvalue weighted by Gasteiger charge is -2.41. The van der Waals surface area contributed by atoms with Crippen molar-refractivity contribution < 1.29 is 13.7 Å². The van der Waals surface area contributed by atoms with Crippen molar-refractivity contribution in [3.05, 3.63) is 29.6 Å². The standard InChI is InChI=1S/C15H18F2N2O/c1-10(2)18-8-4-7-15(9-18)13-11(16)5-3-6-12(13)19(17)14(15)20/h3,5-6,10H,4,7-9H2,1-2H3. The maximum Gasteiger partial charge on any atom is 0.267 e. The number of rotatable bonds is 1. The molecule has 0 aromatic heterocycles. The lowest BCUT2D eigenvalue weighted by atomic mass is 9.74. The molecular formula is C15H18F2N2O. The zero-order valence-corrected chi connectivity index (χ0v) is 11.7. The molecule has 1 atom stereocenters. The molecule has 1 fully saturated rings. The van der Waals surface area contributed by atoms with Gasteiger partial charge in [0.15, 0.2) is 0 Å². The second-order valence-corrected chi connectivity index (χ2v) is 5.97. The first-order valence-electron chi connectivity index (χ1n) is 7.01. The number of nitrogens with zero attached hydrogens (tertiary/aromatic N) is 2. The van der Waals surface area contributed by atoms with Gasteiger partial charge >= 0.3 is 0 Å². The Balaban J connectivity index is 2.12. The number of halogens is 2. The lowest BCUT2D eigenvalue weighted by Crippen LogP contribution is -2.53. The predicted octanol–water partition coefficient (Wildman–Crippen LogP) is 2.80. The number of carbonyl (C=O) groups is 1. The maximum atomic E-state index is 14.2. The van der Waals surface area contributed by atoms with E-state index in [1.807, 2.05) is 13.8 Å². The average Bonchev–Trinajstić information content (AvgIpc) is 2.63. The number of benzene rings is 1. The Bertz CT molecular complexity index is 561. The Morgan fingerprint density at radius 2 is 2.10 bits per heavy atom. The van der Waals surface area contributed by atoms with Gasteiger partial charge in [-0.3, -0.25) is 9.69 Å². The van der Waals surface area contributed by atoms with Gasteiger partial charge in [-0.05, 0) is 45.4 Å². The molecule has 1 aromatic carbocycles. The third-order valence-corrected chi connectivity index (χ3v) is 4.52. The topological polar surface area (TPSA) is 23.6 Å². The van der Waals surface area contributed by atoms with Gasteiger partial charge in [0.1, 0.15) is 5.82 Å². The molecule has 1 amide bonds. The summed E-state index contributed by atoms with van der Waals surface area (Å²) < 4.78 is 28.4. The Labute approximate surface area is 117 Å². The highest BCUT2D eigenvalue weighted by Gasteiger charge is 2.55. The number of piperidine rings is 1. The number of anilines is 1. The van der Waals surface area contributed by atoms with Crippen molar-refractivity contribution in [3.63, 3.8) is 0 Å². The van der Waals surface area contributed by atoms with E-state index in [0.717, 1.165) is 13.0 Å². The van der Waals surface area contributed by atoms with Crippen LogP contribution in [-0.2, 0) is 10.2 Å². The van der Waals surface area contributed by atoms with Crippen molar-refractivity contribution in [1.82, 2.24) is 4.90 Å². The minimum absolute atomic E-state index is 0.0700. The highest BCUT2D eigenvalue weighted by molar-refractivity contribution is 6.06. The summed E-state index contributed by atoms with van der Waals surface area (Å²) in [7, 11) is 0. The highest BCUT2D eigenvalue weighted by atomic mass is 19.2. The number of likely N-dealkylation sites (tertiary alicyclic amines) is 1. The Kier molecular flexibility index (Phi) is 3.05. The third kappa shape index (κ3) is 1.69. The van der Waals surface area contributed by atoms with Gasteiger partial charge in [-0.15, -0.1) is 5.12 Å². The molecule has 2 aliphatic rings. The van der Waals surface area contributed by atoms with Gasteiger partial charge in [-0.25, -0.2) is 4.39 Å². The van der Waals surface area contributed by atoms with E-state index in [-0.39, 0.29) is 22.4 Å². The fourth-order valence-electron chi connectivity index (χ4n) is 3.46. The van der Waals surface area contributed by atoms with E-state index < -0.39 is 17.1 Å². The molecule has 3 nitrogen and oxygen atoms in total.